The number of nitrogens with zero attached hydrogens (tertiary/aromatic N) is 3. The Morgan fingerprint density at radius 1 is 1.04 bits per heavy atom. The number of carbonyl (C=O) groups is 1. The van der Waals surface area contributed by atoms with Crippen molar-refractivity contribution in [2.75, 3.05) is 5.32 Å². The molecule has 5 heteroatoms. The quantitative estimate of drug-likeness (QED) is 0.865. The average molecular weight is 342 g/mol. The molecule has 5 nitrogen and oxygen atoms in total. The van der Waals surface area contributed by atoms with Crippen LogP contribution in [0.4, 0.5) is 5.69 Å². The maximum absolute atomic E-state index is 12.9. The smallest absolute Gasteiger partial charge is 0.245 e. The summed E-state index contributed by atoms with van der Waals surface area (Å²) in [5.41, 5.74) is 3.84. The molecule has 2 rings (SSSR count). The lowest BCUT2D eigenvalue weighted by molar-refractivity contribution is -0.135. The van der Waals surface area contributed by atoms with Gasteiger partial charge < -0.3 is 10.2 Å². The normalized spacial score (nSPS) is 12.5. The number of aryl methyl sites for hydroxylation is 1. The molecular formula is C20H30N4O. The van der Waals surface area contributed by atoms with Crippen LogP contribution in [0.15, 0.2) is 30.3 Å². The van der Waals surface area contributed by atoms with E-state index in [1.165, 1.54) is 0 Å². The van der Waals surface area contributed by atoms with Gasteiger partial charge in [-0.3, -0.25) is 4.79 Å². The molecule has 1 heterocycles. The molecule has 1 N–H and O–H groups in total. The summed E-state index contributed by atoms with van der Waals surface area (Å²) in [4.78, 5) is 14.8. The Morgan fingerprint density at radius 2 is 1.60 bits per heavy atom. The van der Waals surface area contributed by atoms with Gasteiger partial charge >= 0.3 is 0 Å². The topological polar surface area (TPSA) is 50.2 Å². The molecule has 2 aromatic rings. The molecule has 1 aromatic heterocycles. The van der Waals surface area contributed by atoms with Crippen LogP contribution in [0.1, 0.15) is 46.0 Å². The van der Waals surface area contributed by atoms with Crippen molar-refractivity contribution in [2.45, 2.75) is 66.6 Å². The molecular weight excluding hydrogens is 312 g/mol. The van der Waals surface area contributed by atoms with E-state index in [2.05, 4.69) is 38.1 Å². The van der Waals surface area contributed by atoms with Crippen molar-refractivity contribution >= 4 is 11.6 Å². The molecule has 1 atom stereocenters. The van der Waals surface area contributed by atoms with Crippen molar-refractivity contribution in [1.29, 1.82) is 0 Å². The van der Waals surface area contributed by atoms with Gasteiger partial charge in [-0.05, 0) is 60.6 Å². The third-order valence-electron chi connectivity index (χ3n) is 4.39. The van der Waals surface area contributed by atoms with Gasteiger partial charge in [-0.2, -0.15) is 5.10 Å². The second-order valence-corrected chi connectivity index (χ2v) is 7.09. The van der Waals surface area contributed by atoms with E-state index in [0.717, 1.165) is 22.8 Å². The molecule has 0 saturated carbocycles. The average Bonchev–Trinajstić information content (AvgIpc) is 2.83. The van der Waals surface area contributed by atoms with E-state index in [4.69, 9.17) is 0 Å². The van der Waals surface area contributed by atoms with Crippen LogP contribution >= 0.6 is 0 Å². The lowest BCUT2D eigenvalue weighted by Gasteiger charge is -2.33. The van der Waals surface area contributed by atoms with Crippen molar-refractivity contribution in [3.63, 3.8) is 0 Å². The van der Waals surface area contributed by atoms with Gasteiger partial charge in [-0.25, -0.2) is 4.68 Å². The SMILES string of the molecule is Cc1nn(-c2ccccc2)c(C)c1N[C@@H](C)C(=O)N(C(C)C)C(C)C. The molecule has 25 heavy (non-hydrogen) atoms. The number of anilines is 1. The first-order valence-corrected chi connectivity index (χ1v) is 8.94. The maximum Gasteiger partial charge on any atom is 0.245 e. The van der Waals surface area contributed by atoms with Crippen LogP contribution in [0.25, 0.3) is 5.69 Å². The third-order valence-corrected chi connectivity index (χ3v) is 4.39. The minimum absolute atomic E-state index is 0.108. The minimum Gasteiger partial charge on any atom is -0.371 e. The summed E-state index contributed by atoms with van der Waals surface area (Å²) in [5, 5.41) is 8.02. The molecule has 0 spiro atoms. The highest BCUT2D eigenvalue weighted by Gasteiger charge is 2.26. The van der Waals surface area contributed by atoms with Gasteiger partial charge in [0.25, 0.3) is 0 Å². The monoisotopic (exact) mass is 342 g/mol. The Morgan fingerprint density at radius 3 is 2.12 bits per heavy atom. The summed E-state index contributed by atoms with van der Waals surface area (Å²) in [6, 6.07) is 10.1. The van der Waals surface area contributed by atoms with Crippen LogP contribution in [0.3, 0.4) is 0 Å². The Kier molecular flexibility index (Phi) is 5.88. The molecule has 0 unspecified atom stereocenters. The highest BCUT2D eigenvalue weighted by molar-refractivity contribution is 5.85. The van der Waals surface area contributed by atoms with Gasteiger partial charge in [0.15, 0.2) is 0 Å². The van der Waals surface area contributed by atoms with Crippen molar-refractivity contribution in [2.24, 2.45) is 0 Å². The molecule has 0 aliphatic rings. The van der Waals surface area contributed by atoms with Gasteiger partial charge in [0, 0.05) is 12.1 Å². The summed E-state index contributed by atoms with van der Waals surface area (Å²) in [5.74, 6) is 0.108. The van der Waals surface area contributed by atoms with Gasteiger partial charge in [-0.1, -0.05) is 18.2 Å². The predicted molar refractivity (Wildman–Crippen MR) is 103 cm³/mol. The number of hydrogen-bond acceptors (Lipinski definition) is 3. The van der Waals surface area contributed by atoms with Crippen molar-refractivity contribution in [1.82, 2.24) is 14.7 Å². The van der Waals surface area contributed by atoms with E-state index in [1.807, 2.05) is 60.7 Å². The molecule has 0 radical (unpaired) electrons. The number of benzene rings is 1. The number of hydrogen-bond donors (Lipinski definition) is 1. The number of nitrogens with one attached hydrogen (secondary N) is 1. The summed E-state index contributed by atoms with van der Waals surface area (Å²) >= 11 is 0. The number of amides is 1. The van der Waals surface area contributed by atoms with E-state index < -0.39 is 0 Å². The highest BCUT2D eigenvalue weighted by Crippen LogP contribution is 2.24. The fourth-order valence-electron chi connectivity index (χ4n) is 3.28. The molecule has 0 bridgehead atoms. The molecule has 0 aliphatic carbocycles. The maximum atomic E-state index is 12.9. The highest BCUT2D eigenvalue weighted by atomic mass is 16.2. The predicted octanol–water partition coefficient (Wildman–Crippen LogP) is 3.93. The first-order valence-electron chi connectivity index (χ1n) is 8.94. The van der Waals surface area contributed by atoms with Crippen molar-refractivity contribution in [3.8, 4) is 5.69 Å². The third kappa shape index (κ3) is 4.03. The van der Waals surface area contributed by atoms with Gasteiger partial charge in [0.05, 0.1) is 22.8 Å². The fourth-order valence-corrected chi connectivity index (χ4v) is 3.28. The first-order chi connectivity index (χ1) is 11.7. The zero-order valence-corrected chi connectivity index (χ0v) is 16.4. The molecule has 1 amide bonds. The summed E-state index contributed by atoms with van der Waals surface area (Å²) < 4.78 is 1.91. The van der Waals surface area contributed by atoms with Gasteiger partial charge in [0.1, 0.15) is 6.04 Å². The van der Waals surface area contributed by atoms with Crippen LogP contribution in [-0.2, 0) is 4.79 Å². The summed E-state index contributed by atoms with van der Waals surface area (Å²) in [6.07, 6.45) is 0. The van der Waals surface area contributed by atoms with Crippen LogP contribution < -0.4 is 5.32 Å². The number of aromatic nitrogens is 2. The van der Waals surface area contributed by atoms with E-state index in [9.17, 15) is 4.79 Å². The van der Waals surface area contributed by atoms with Crippen LogP contribution in [0, 0.1) is 13.8 Å². The molecule has 0 aliphatic heterocycles. The van der Waals surface area contributed by atoms with E-state index in [-0.39, 0.29) is 24.0 Å². The molecule has 1 aromatic carbocycles. The molecule has 0 fully saturated rings. The van der Waals surface area contributed by atoms with Crippen LogP contribution in [0.2, 0.25) is 0 Å². The Balaban J connectivity index is 2.26. The summed E-state index contributed by atoms with van der Waals surface area (Å²) in [6.45, 7) is 14.1. The van der Waals surface area contributed by atoms with Crippen LogP contribution in [-0.4, -0.2) is 38.7 Å². The number of rotatable bonds is 6. The van der Waals surface area contributed by atoms with E-state index in [0.29, 0.717) is 0 Å². The largest absolute Gasteiger partial charge is 0.371 e. The second kappa shape index (κ2) is 7.72. The fraction of sp³-hybridized carbons (Fsp3) is 0.500. The first kappa shape index (κ1) is 19.0. The minimum atomic E-state index is -0.310. The van der Waals surface area contributed by atoms with Crippen molar-refractivity contribution in [3.05, 3.63) is 41.7 Å². The molecule has 0 saturated heterocycles. The Bertz CT molecular complexity index is 711. The lowest BCUT2D eigenvalue weighted by atomic mass is 10.1. The zero-order valence-electron chi connectivity index (χ0n) is 16.4. The van der Waals surface area contributed by atoms with E-state index in [1.54, 1.807) is 0 Å². The van der Waals surface area contributed by atoms with Crippen molar-refractivity contribution < 1.29 is 4.79 Å². The Labute approximate surface area is 151 Å². The zero-order chi connectivity index (χ0) is 18.7. The summed E-state index contributed by atoms with van der Waals surface area (Å²) in [7, 11) is 0. The lowest BCUT2D eigenvalue weighted by Crippen LogP contribution is -2.48. The second-order valence-electron chi connectivity index (χ2n) is 7.09. The number of para-hydroxylation sites is 1. The van der Waals surface area contributed by atoms with Gasteiger partial charge in [-0.15, -0.1) is 0 Å². The standard InChI is InChI=1S/C20H30N4O/c1-13(2)23(14(3)4)20(25)16(6)21-19-15(5)22-24(17(19)7)18-11-9-8-10-12-18/h8-14,16,21H,1-7H3/t16-/m0/s1. The molecule has 136 valence electrons. The van der Waals surface area contributed by atoms with E-state index >= 15 is 0 Å². The van der Waals surface area contributed by atoms with Crippen LogP contribution in [0.5, 0.6) is 0 Å². The Hall–Kier alpha value is -2.30. The van der Waals surface area contributed by atoms with Gasteiger partial charge in [0.2, 0.25) is 5.91 Å². The number of carbonyl (C=O) groups excluding carboxylic acids is 1.